The van der Waals surface area contributed by atoms with Gasteiger partial charge < -0.3 is 9.47 Å². The van der Waals surface area contributed by atoms with Crippen LogP contribution in [-0.4, -0.2) is 13.1 Å². The van der Waals surface area contributed by atoms with Gasteiger partial charge in [-0.05, 0) is 34.2 Å². The molecule has 5 heteroatoms. The van der Waals surface area contributed by atoms with Gasteiger partial charge in [0.25, 0.3) is 0 Å². The predicted molar refractivity (Wildman–Crippen MR) is 86.3 cm³/mol. The van der Waals surface area contributed by atoms with E-state index >= 15 is 0 Å². The third-order valence-corrected chi connectivity index (χ3v) is 3.82. The Labute approximate surface area is 136 Å². The van der Waals surface area contributed by atoms with Crippen molar-refractivity contribution in [3.63, 3.8) is 0 Å². The van der Waals surface area contributed by atoms with Crippen molar-refractivity contribution in [3.05, 3.63) is 62.2 Å². The third kappa shape index (κ3) is 3.64. The molecule has 20 heavy (non-hydrogen) atoms. The maximum atomic E-state index is 11.5. The number of methoxy groups -OCH3 is 1. The standard InChI is InChI=1S/C15H12ClIO3/c1-19-15(18)11-7-13(17)14(8-12(11)16)20-9-10-5-3-2-4-6-10/h2-8H,9H2,1H3. The minimum Gasteiger partial charge on any atom is -0.488 e. The normalized spacial score (nSPS) is 10.2. The topological polar surface area (TPSA) is 35.5 Å². The summed E-state index contributed by atoms with van der Waals surface area (Å²) in [6.07, 6.45) is 0. The second-order valence-corrected chi connectivity index (χ2v) is 5.60. The highest BCUT2D eigenvalue weighted by molar-refractivity contribution is 14.1. The third-order valence-electron chi connectivity index (χ3n) is 2.66. The van der Waals surface area contributed by atoms with Crippen molar-refractivity contribution in [2.45, 2.75) is 6.61 Å². The fourth-order valence-electron chi connectivity index (χ4n) is 1.64. The Balaban J connectivity index is 2.17. The molecule has 0 aliphatic carbocycles. The van der Waals surface area contributed by atoms with Crippen molar-refractivity contribution in [1.82, 2.24) is 0 Å². The Hall–Kier alpha value is -1.27. The van der Waals surface area contributed by atoms with E-state index in [2.05, 4.69) is 27.3 Å². The van der Waals surface area contributed by atoms with Gasteiger partial charge in [0, 0.05) is 6.07 Å². The van der Waals surface area contributed by atoms with Gasteiger partial charge in [-0.25, -0.2) is 4.79 Å². The lowest BCUT2D eigenvalue weighted by Crippen LogP contribution is -2.04. The van der Waals surface area contributed by atoms with E-state index in [1.54, 1.807) is 12.1 Å². The number of ether oxygens (including phenoxy) is 2. The Morgan fingerprint density at radius 2 is 1.95 bits per heavy atom. The first-order chi connectivity index (χ1) is 9.61. The lowest BCUT2D eigenvalue weighted by atomic mass is 10.2. The first-order valence-corrected chi connectivity index (χ1v) is 7.31. The van der Waals surface area contributed by atoms with Crippen LogP contribution in [0, 0.1) is 3.57 Å². The van der Waals surface area contributed by atoms with Crippen LogP contribution in [0.15, 0.2) is 42.5 Å². The van der Waals surface area contributed by atoms with E-state index in [0.717, 1.165) is 9.13 Å². The summed E-state index contributed by atoms with van der Waals surface area (Å²) in [6.45, 7) is 0.449. The molecule has 0 aromatic heterocycles. The first-order valence-electron chi connectivity index (χ1n) is 5.86. The van der Waals surface area contributed by atoms with Gasteiger partial charge in [0.05, 0.1) is 21.3 Å². The zero-order chi connectivity index (χ0) is 14.5. The molecule has 0 heterocycles. The fraction of sp³-hybridized carbons (Fsp3) is 0.133. The number of rotatable bonds is 4. The van der Waals surface area contributed by atoms with Gasteiger partial charge in [0.2, 0.25) is 0 Å². The zero-order valence-electron chi connectivity index (χ0n) is 10.7. The van der Waals surface area contributed by atoms with Crippen LogP contribution < -0.4 is 4.74 Å². The quantitative estimate of drug-likeness (QED) is 0.565. The molecule has 2 aromatic carbocycles. The number of hydrogen-bond acceptors (Lipinski definition) is 3. The Bertz CT molecular complexity index is 614. The van der Waals surface area contributed by atoms with Gasteiger partial charge in [-0.15, -0.1) is 0 Å². The number of carbonyl (C=O) groups excluding carboxylic acids is 1. The average Bonchev–Trinajstić information content (AvgIpc) is 2.48. The average molecular weight is 403 g/mol. The summed E-state index contributed by atoms with van der Waals surface area (Å²) in [4.78, 5) is 11.5. The summed E-state index contributed by atoms with van der Waals surface area (Å²) in [5, 5.41) is 0.320. The van der Waals surface area contributed by atoms with Crippen LogP contribution in [0.5, 0.6) is 5.75 Å². The number of hydrogen-bond donors (Lipinski definition) is 0. The van der Waals surface area contributed by atoms with Crippen molar-refractivity contribution in [1.29, 1.82) is 0 Å². The maximum absolute atomic E-state index is 11.5. The molecule has 0 aliphatic heterocycles. The van der Waals surface area contributed by atoms with Gasteiger partial charge in [0.1, 0.15) is 12.4 Å². The fourth-order valence-corrected chi connectivity index (χ4v) is 2.49. The molecule has 0 bridgehead atoms. The van der Waals surface area contributed by atoms with Crippen LogP contribution in [0.4, 0.5) is 0 Å². The molecule has 2 aromatic rings. The monoisotopic (exact) mass is 402 g/mol. The Morgan fingerprint density at radius 3 is 2.60 bits per heavy atom. The molecule has 0 unspecified atom stereocenters. The summed E-state index contributed by atoms with van der Waals surface area (Å²) < 4.78 is 11.2. The van der Waals surface area contributed by atoms with E-state index in [9.17, 15) is 4.79 Å². The van der Waals surface area contributed by atoms with Crippen LogP contribution in [-0.2, 0) is 11.3 Å². The first kappa shape index (κ1) is 15.1. The highest BCUT2D eigenvalue weighted by Crippen LogP contribution is 2.29. The van der Waals surface area contributed by atoms with Gasteiger partial charge >= 0.3 is 5.97 Å². The molecule has 0 radical (unpaired) electrons. The SMILES string of the molecule is COC(=O)c1cc(I)c(OCc2ccccc2)cc1Cl. The van der Waals surface area contributed by atoms with E-state index in [-0.39, 0.29) is 0 Å². The summed E-state index contributed by atoms with van der Waals surface area (Å²) in [7, 11) is 1.32. The lowest BCUT2D eigenvalue weighted by molar-refractivity contribution is 0.0601. The highest BCUT2D eigenvalue weighted by Gasteiger charge is 2.14. The van der Waals surface area contributed by atoms with Crippen LogP contribution in [0.3, 0.4) is 0 Å². The van der Waals surface area contributed by atoms with E-state index in [0.29, 0.717) is 22.9 Å². The molecular formula is C15H12ClIO3. The van der Waals surface area contributed by atoms with E-state index in [1.807, 2.05) is 30.3 Å². The molecule has 0 atom stereocenters. The molecule has 2 rings (SSSR count). The second-order valence-electron chi connectivity index (χ2n) is 4.03. The molecule has 0 saturated carbocycles. The minimum absolute atomic E-state index is 0.320. The number of halogens is 2. The Morgan fingerprint density at radius 1 is 1.25 bits per heavy atom. The Kier molecular flexibility index (Phi) is 5.25. The summed E-state index contributed by atoms with van der Waals surface area (Å²) in [5.41, 5.74) is 1.40. The molecule has 3 nitrogen and oxygen atoms in total. The van der Waals surface area contributed by atoms with Crippen LogP contribution in [0.25, 0.3) is 0 Å². The van der Waals surface area contributed by atoms with Crippen molar-refractivity contribution in [2.75, 3.05) is 7.11 Å². The number of carbonyl (C=O) groups is 1. The van der Waals surface area contributed by atoms with Gasteiger partial charge in [-0.3, -0.25) is 0 Å². The summed E-state index contributed by atoms with van der Waals surface area (Å²) in [6, 6.07) is 13.1. The molecule has 0 amide bonds. The van der Waals surface area contributed by atoms with Gasteiger partial charge in [-0.2, -0.15) is 0 Å². The molecular weight excluding hydrogens is 391 g/mol. The minimum atomic E-state index is -0.456. The second kappa shape index (κ2) is 6.95. The zero-order valence-corrected chi connectivity index (χ0v) is 13.6. The van der Waals surface area contributed by atoms with Gasteiger partial charge in [-0.1, -0.05) is 41.9 Å². The largest absolute Gasteiger partial charge is 0.488 e. The summed E-state index contributed by atoms with van der Waals surface area (Å²) in [5.74, 6) is 0.189. The maximum Gasteiger partial charge on any atom is 0.339 e. The molecule has 0 N–H and O–H groups in total. The lowest BCUT2D eigenvalue weighted by Gasteiger charge is -2.11. The molecule has 104 valence electrons. The van der Waals surface area contributed by atoms with Crippen molar-refractivity contribution in [3.8, 4) is 5.75 Å². The van der Waals surface area contributed by atoms with Crippen LogP contribution in [0.1, 0.15) is 15.9 Å². The van der Waals surface area contributed by atoms with Crippen molar-refractivity contribution in [2.24, 2.45) is 0 Å². The molecule has 0 aliphatic rings. The number of esters is 1. The highest BCUT2D eigenvalue weighted by atomic mass is 127. The summed E-state index contributed by atoms with van der Waals surface area (Å²) >= 11 is 8.18. The van der Waals surface area contributed by atoms with E-state index in [1.165, 1.54) is 7.11 Å². The van der Waals surface area contributed by atoms with E-state index < -0.39 is 5.97 Å². The number of benzene rings is 2. The smallest absolute Gasteiger partial charge is 0.339 e. The molecule has 0 fully saturated rings. The predicted octanol–water partition coefficient (Wildman–Crippen LogP) is 4.31. The van der Waals surface area contributed by atoms with Crippen molar-refractivity contribution >= 4 is 40.2 Å². The van der Waals surface area contributed by atoms with Crippen LogP contribution >= 0.6 is 34.2 Å². The van der Waals surface area contributed by atoms with Gasteiger partial charge in [0.15, 0.2) is 0 Å². The molecule has 0 saturated heterocycles. The van der Waals surface area contributed by atoms with Crippen molar-refractivity contribution < 1.29 is 14.3 Å². The van der Waals surface area contributed by atoms with Crippen LogP contribution in [0.2, 0.25) is 5.02 Å². The van der Waals surface area contributed by atoms with E-state index in [4.69, 9.17) is 16.3 Å². The molecule has 0 spiro atoms.